The number of rotatable bonds is 9. The summed E-state index contributed by atoms with van der Waals surface area (Å²) >= 11 is 0. The van der Waals surface area contributed by atoms with Crippen molar-refractivity contribution in [1.29, 1.82) is 0 Å². The molecule has 0 amide bonds. The first-order valence-electron chi connectivity index (χ1n) is 9.02. The van der Waals surface area contributed by atoms with Gasteiger partial charge in [-0.25, -0.2) is 4.79 Å². The summed E-state index contributed by atoms with van der Waals surface area (Å²) in [4.78, 5) is 15.6. The van der Waals surface area contributed by atoms with E-state index < -0.39 is 0 Å². The third-order valence-corrected chi connectivity index (χ3v) is 4.54. The van der Waals surface area contributed by atoms with E-state index in [9.17, 15) is 4.79 Å². The average Bonchev–Trinajstić information content (AvgIpc) is 2.88. The normalized spacial score (nSPS) is 10.8. The van der Waals surface area contributed by atoms with E-state index in [4.69, 9.17) is 4.74 Å². The van der Waals surface area contributed by atoms with E-state index in [2.05, 4.69) is 11.9 Å². The molecule has 1 N–H and O–H groups in total. The number of carbonyl (C=O) groups is 1. The lowest BCUT2D eigenvalue weighted by Gasteiger charge is -2.05. The van der Waals surface area contributed by atoms with Crippen LogP contribution in [0.1, 0.15) is 71.9 Å². The first kappa shape index (κ1) is 18.3. The number of hydrogen-bond acceptors (Lipinski definition) is 2. The zero-order valence-corrected chi connectivity index (χ0v) is 15.2. The first-order chi connectivity index (χ1) is 11.6. The summed E-state index contributed by atoms with van der Waals surface area (Å²) in [6, 6.07) is 9.77. The number of ether oxygens (including phenoxy) is 1. The second-order valence-corrected chi connectivity index (χ2v) is 6.45. The molecular weight excluding hydrogens is 298 g/mol. The largest absolute Gasteiger partial charge is 0.456 e. The molecule has 0 atom stereocenters. The van der Waals surface area contributed by atoms with Crippen LogP contribution < -0.4 is 0 Å². The Bertz CT molecular complexity index is 643. The molecule has 0 aliphatic rings. The number of aryl methyl sites for hydroxylation is 1. The van der Waals surface area contributed by atoms with Gasteiger partial charge in [0.05, 0.1) is 0 Å². The van der Waals surface area contributed by atoms with Gasteiger partial charge in [0.1, 0.15) is 12.3 Å². The molecule has 0 saturated heterocycles. The van der Waals surface area contributed by atoms with Crippen LogP contribution in [-0.4, -0.2) is 11.0 Å². The van der Waals surface area contributed by atoms with E-state index in [1.54, 1.807) is 0 Å². The van der Waals surface area contributed by atoms with Crippen LogP contribution in [0.3, 0.4) is 0 Å². The van der Waals surface area contributed by atoms with Crippen LogP contribution in [0.4, 0.5) is 0 Å². The van der Waals surface area contributed by atoms with Gasteiger partial charge in [0.2, 0.25) is 0 Å². The lowest BCUT2D eigenvalue weighted by Crippen LogP contribution is -2.07. The molecule has 1 heterocycles. The van der Waals surface area contributed by atoms with Crippen molar-refractivity contribution >= 4 is 5.97 Å². The Morgan fingerprint density at radius 1 is 1.04 bits per heavy atom. The minimum Gasteiger partial charge on any atom is -0.456 e. The maximum Gasteiger partial charge on any atom is 0.355 e. The highest BCUT2D eigenvalue weighted by Gasteiger charge is 2.18. The molecule has 3 heteroatoms. The van der Waals surface area contributed by atoms with E-state index in [-0.39, 0.29) is 5.97 Å². The van der Waals surface area contributed by atoms with E-state index in [1.807, 2.05) is 44.2 Å². The predicted molar refractivity (Wildman–Crippen MR) is 98.3 cm³/mol. The summed E-state index contributed by atoms with van der Waals surface area (Å²) in [7, 11) is 0. The molecular formula is C21H29NO2. The van der Waals surface area contributed by atoms with Gasteiger partial charge in [0, 0.05) is 5.69 Å². The summed E-state index contributed by atoms with van der Waals surface area (Å²) in [5, 5.41) is 0. The second-order valence-electron chi connectivity index (χ2n) is 6.45. The molecule has 2 rings (SSSR count). The van der Waals surface area contributed by atoms with Gasteiger partial charge in [-0.1, -0.05) is 62.9 Å². The van der Waals surface area contributed by atoms with Gasteiger partial charge in [-0.2, -0.15) is 0 Å². The lowest BCUT2D eigenvalue weighted by atomic mass is 10.0. The van der Waals surface area contributed by atoms with Crippen LogP contribution in [0.15, 0.2) is 30.3 Å². The van der Waals surface area contributed by atoms with Gasteiger partial charge in [-0.3, -0.25) is 0 Å². The number of esters is 1. The van der Waals surface area contributed by atoms with Crippen molar-refractivity contribution in [3.05, 3.63) is 58.4 Å². The highest BCUT2D eigenvalue weighted by atomic mass is 16.5. The van der Waals surface area contributed by atoms with E-state index in [0.29, 0.717) is 12.3 Å². The fourth-order valence-corrected chi connectivity index (χ4v) is 3.07. The summed E-state index contributed by atoms with van der Waals surface area (Å²) in [5.74, 6) is -0.267. The molecule has 0 aliphatic carbocycles. The number of carbonyl (C=O) groups excluding carboxylic acids is 1. The molecule has 24 heavy (non-hydrogen) atoms. The zero-order valence-electron chi connectivity index (χ0n) is 15.2. The van der Waals surface area contributed by atoms with Gasteiger partial charge in [-0.15, -0.1) is 0 Å². The van der Waals surface area contributed by atoms with E-state index >= 15 is 0 Å². The summed E-state index contributed by atoms with van der Waals surface area (Å²) in [6.07, 6.45) is 7.33. The van der Waals surface area contributed by atoms with Gasteiger partial charge >= 0.3 is 5.97 Å². The Balaban J connectivity index is 1.93. The number of hydrogen-bond donors (Lipinski definition) is 1. The molecule has 1 aromatic heterocycles. The maximum absolute atomic E-state index is 12.4. The summed E-state index contributed by atoms with van der Waals surface area (Å²) < 4.78 is 5.45. The van der Waals surface area contributed by atoms with Crippen LogP contribution in [0.2, 0.25) is 0 Å². The van der Waals surface area contributed by atoms with E-state index in [1.165, 1.54) is 37.7 Å². The molecule has 0 bridgehead atoms. The number of aromatic amines is 1. The molecule has 0 spiro atoms. The van der Waals surface area contributed by atoms with Crippen molar-refractivity contribution in [3.63, 3.8) is 0 Å². The fourth-order valence-electron chi connectivity index (χ4n) is 3.07. The summed E-state index contributed by atoms with van der Waals surface area (Å²) in [5.41, 5.74) is 5.02. The minimum absolute atomic E-state index is 0.267. The SMILES string of the molecule is CCCCCCCc1c(C)[nH]c(C(=O)OCc2ccccc2)c1C. The molecule has 0 saturated carbocycles. The number of benzene rings is 1. The monoisotopic (exact) mass is 327 g/mol. The van der Waals surface area contributed by atoms with Crippen LogP contribution in [-0.2, 0) is 17.8 Å². The molecule has 130 valence electrons. The Hall–Kier alpha value is -2.03. The Morgan fingerprint density at radius 2 is 1.75 bits per heavy atom. The predicted octanol–water partition coefficient (Wildman–Crippen LogP) is 5.50. The number of unbranched alkanes of at least 4 members (excludes halogenated alkanes) is 4. The van der Waals surface area contributed by atoms with Crippen LogP contribution in [0.25, 0.3) is 0 Å². The summed E-state index contributed by atoms with van der Waals surface area (Å²) in [6.45, 7) is 6.60. The lowest BCUT2D eigenvalue weighted by molar-refractivity contribution is 0.0465. The number of aromatic nitrogens is 1. The van der Waals surface area contributed by atoms with Gasteiger partial charge in [0.25, 0.3) is 0 Å². The van der Waals surface area contributed by atoms with Gasteiger partial charge < -0.3 is 9.72 Å². The molecule has 0 fully saturated rings. The Labute approximate surface area is 145 Å². The van der Waals surface area contributed by atoms with Crippen molar-refractivity contribution in [2.45, 2.75) is 65.9 Å². The van der Waals surface area contributed by atoms with Crippen molar-refractivity contribution < 1.29 is 9.53 Å². The van der Waals surface area contributed by atoms with Crippen LogP contribution >= 0.6 is 0 Å². The topological polar surface area (TPSA) is 42.1 Å². The van der Waals surface area contributed by atoms with Gasteiger partial charge in [0.15, 0.2) is 0 Å². The standard InChI is InChI=1S/C21H29NO2/c1-4-5-6-7-11-14-19-16(2)20(22-17(19)3)21(23)24-15-18-12-9-8-10-13-18/h8-10,12-13,22H,4-7,11,14-15H2,1-3H3. The van der Waals surface area contributed by atoms with Crippen molar-refractivity contribution in [3.8, 4) is 0 Å². The highest BCUT2D eigenvalue weighted by molar-refractivity contribution is 5.89. The molecule has 2 aromatic rings. The van der Waals surface area contributed by atoms with Crippen molar-refractivity contribution in [2.24, 2.45) is 0 Å². The average molecular weight is 327 g/mol. The Kier molecular flexibility index (Phi) is 7.10. The number of nitrogens with one attached hydrogen (secondary N) is 1. The maximum atomic E-state index is 12.4. The first-order valence-corrected chi connectivity index (χ1v) is 9.02. The van der Waals surface area contributed by atoms with Crippen LogP contribution in [0, 0.1) is 13.8 Å². The van der Waals surface area contributed by atoms with Crippen molar-refractivity contribution in [2.75, 3.05) is 0 Å². The van der Waals surface area contributed by atoms with Gasteiger partial charge in [-0.05, 0) is 43.4 Å². The second kappa shape index (κ2) is 9.31. The molecule has 3 nitrogen and oxygen atoms in total. The zero-order chi connectivity index (χ0) is 17.4. The minimum atomic E-state index is -0.267. The third-order valence-electron chi connectivity index (χ3n) is 4.54. The third kappa shape index (κ3) is 4.98. The van der Waals surface area contributed by atoms with Crippen molar-refractivity contribution in [1.82, 2.24) is 4.98 Å². The number of H-pyrrole nitrogens is 1. The highest BCUT2D eigenvalue weighted by Crippen LogP contribution is 2.21. The smallest absolute Gasteiger partial charge is 0.355 e. The van der Waals surface area contributed by atoms with Crippen LogP contribution in [0.5, 0.6) is 0 Å². The molecule has 0 unspecified atom stereocenters. The molecule has 0 aliphatic heterocycles. The molecule has 1 aromatic carbocycles. The Morgan fingerprint density at radius 3 is 2.46 bits per heavy atom. The fraction of sp³-hybridized carbons (Fsp3) is 0.476. The quantitative estimate of drug-likeness (QED) is 0.488. The van der Waals surface area contributed by atoms with E-state index in [0.717, 1.165) is 23.2 Å². The molecule has 0 radical (unpaired) electrons.